The average Bonchev–Trinajstić information content (AvgIpc) is 2.18. The molecule has 80 valence electrons. The molecule has 0 radical (unpaired) electrons. The minimum absolute atomic E-state index is 0.0125. The highest BCUT2D eigenvalue weighted by Crippen LogP contribution is 2.31. The number of carbonyl (C=O) groups excluding carboxylic acids is 1. The maximum atomic E-state index is 11.8. The molecule has 6 heteroatoms. The summed E-state index contributed by atoms with van der Waals surface area (Å²) in [7, 11) is 1.50. The first-order valence-corrected chi connectivity index (χ1v) is 4.67. The average molecular weight is 230 g/mol. The fraction of sp³-hybridized carbons (Fsp3) is 0.444. The Labute approximate surface area is 96.7 Å². The SMILES string of the molecule is [2H]C([2H])([2H])[C@H]1C(=O)Nc2c(C)nc(Cl)nc2N1C. The number of aromatic nitrogens is 2. The zero-order valence-corrected chi connectivity index (χ0v) is 8.96. The van der Waals surface area contributed by atoms with Crippen LogP contribution in [0.1, 0.15) is 16.7 Å². The Morgan fingerprint density at radius 1 is 1.60 bits per heavy atom. The van der Waals surface area contributed by atoms with Crippen molar-refractivity contribution >= 4 is 29.0 Å². The summed E-state index contributed by atoms with van der Waals surface area (Å²) >= 11 is 5.74. The van der Waals surface area contributed by atoms with E-state index in [4.69, 9.17) is 15.7 Å². The van der Waals surface area contributed by atoms with E-state index in [0.29, 0.717) is 17.2 Å². The quantitative estimate of drug-likeness (QED) is 0.680. The number of halogens is 1. The largest absolute Gasteiger partial charge is 0.346 e. The van der Waals surface area contributed by atoms with Crippen molar-refractivity contribution in [2.24, 2.45) is 0 Å². The summed E-state index contributed by atoms with van der Waals surface area (Å²) in [6.07, 6.45) is 0. The van der Waals surface area contributed by atoms with E-state index in [1.54, 1.807) is 6.92 Å². The molecule has 0 saturated carbocycles. The van der Waals surface area contributed by atoms with Gasteiger partial charge in [-0.1, -0.05) is 0 Å². The molecule has 1 atom stereocenters. The molecule has 0 fully saturated rings. The van der Waals surface area contributed by atoms with Crippen LogP contribution in [0, 0.1) is 6.92 Å². The van der Waals surface area contributed by atoms with Gasteiger partial charge in [0.1, 0.15) is 11.7 Å². The van der Waals surface area contributed by atoms with Crippen LogP contribution in [0.5, 0.6) is 0 Å². The van der Waals surface area contributed by atoms with E-state index < -0.39 is 18.8 Å². The summed E-state index contributed by atoms with van der Waals surface area (Å²) in [5, 5.41) is 2.53. The molecule has 0 spiro atoms. The number of fused-ring (bicyclic) bond motifs is 1. The van der Waals surface area contributed by atoms with Gasteiger partial charge in [-0.05, 0) is 25.4 Å². The van der Waals surface area contributed by atoms with Gasteiger partial charge in [0.2, 0.25) is 11.2 Å². The number of nitrogens with one attached hydrogen (secondary N) is 1. The lowest BCUT2D eigenvalue weighted by molar-refractivity contribution is -0.117. The zero-order valence-electron chi connectivity index (χ0n) is 11.2. The van der Waals surface area contributed by atoms with E-state index in [1.165, 1.54) is 11.9 Å². The zero-order chi connectivity index (χ0) is 13.7. The molecule has 15 heavy (non-hydrogen) atoms. The lowest BCUT2D eigenvalue weighted by atomic mass is 10.2. The van der Waals surface area contributed by atoms with Crippen molar-refractivity contribution in [2.75, 3.05) is 17.3 Å². The van der Waals surface area contributed by atoms with Crippen LogP contribution in [0.4, 0.5) is 11.5 Å². The first-order valence-electron chi connectivity index (χ1n) is 5.79. The van der Waals surface area contributed by atoms with E-state index >= 15 is 0 Å². The van der Waals surface area contributed by atoms with Crippen LogP contribution in [-0.2, 0) is 4.79 Å². The van der Waals surface area contributed by atoms with Crippen LogP contribution in [0.15, 0.2) is 0 Å². The Morgan fingerprint density at radius 3 is 3.00 bits per heavy atom. The Morgan fingerprint density at radius 2 is 2.33 bits per heavy atom. The van der Waals surface area contributed by atoms with Crippen molar-refractivity contribution in [2.45, 2.75) is 19.8 Å². The van der Waals surface area contributed by atoms with Gasteiger partial charge in [0, 0.05) is 11.2 Å². The second kappa shape index (κ2) is 3.34. The summed E-state index contributed by atoms with van der Waals surface area (Å²) in [6, 6.07) is -1.28. The maximum Gasteiger partial charge on any atom is 0.246 e. The molecule has 1 aromatic rings. The molecular weight excluding hydrogens is 216 g/mol. The molecule has 0 aromatic carbocycles. The highest BCUT2D eigenvalue weighted by Gasteiger charge is 2.29. The third-order valence-corrected chi connectivity index (χ3v) is 2.43. The Bertz CT molecular complexity index is 519. The van der Waals surface area contributed by atoms with Gasteiger partial charge in [-0.15, -0.1) is 0 Å². The highest BCUT2D eigenvalue weighted by atomic mass is 35.5. The standard InChI is InChI=1S/C9H11ClN4O/c1-4-6-7(13-9(10)11-4)14(3)5(2)8(15)12-6/h5H,1-3H3,(H,12,15)/t5-/m0/s1/i2D3. The Balaban J connectivity index is 2.56. The number of hydrogen-bond donors (Lipinski definition) is 1. The van der Waals surface area contributed by atoms with Gasteiger partial charge in [0.15, 0.2) is 5.82 Å². The maximum absolute atomic E-state index is 11.8. The monoisotopic (exact) mass is 229 g/mol. The fourth-order valence-electron chi connectivity index (χ4n) is 1.42. The van der Waals surface area contributed by atoms with Gasteiger partial charge in [-0.2, -0.15) is 4.98 Å². The molecule has 1 aromatic heterocycles. The number of hydrogen-bond acceptors (Lipinski definition) is 4. The summed E-state index contributed by atoms with van der Waals surface area (Å²) in [4.78, 5) is 21.0. The molecule has 1 aliphatic heterocycles. The fourth-order valence-corrected chi connectivity index (χ4v) is 1.62. The highest BCUT2D eigenvalue weighted by molar-refractivity contribution is 6.28. The molecule has 5 nitrogen and oxygen atoms in total. The van der Waals surface area contributed by atoms with E-state index in [2.05, 4.69) is 15.3 Å². The molecule has 1 amide bonds. The van der Waals surface area contributed by atoms with Crippen LogP contribution < -0.4 is 10.2 Å². The van der Waals surface area contributed by atoms with Gasteiger partial charge in [0.05, 0.1) is 5.69 Å². The second-order valence-electron chi connectivity index (χ2n) is 3.28. The number of rotatable bonds is 0. The summed E-state index contributed by atoms with van der Waals surface area (Å²) in [5.41, 5.74) is 0.890. The van der Waals surface area contributed by atoms with E-state index in [9.17, 15) is 4.79 Å². The first kappa shape index (κ1) is 7.00. The molecule has 2 heterocycles. The van der Waals surface area contributed by atoms with Crippen molar-refractivity contribution in [1.29, 1.82) is 0 Å². The number of carbonyl (C=O) groups is 1. The minimum atomic E-state index is -2.44. The molecule has 0 unspecified atom stereocenters. The van der Waals surface area contributed by atoms with Crippen LogP contribution >= 0.6 is 11.6 Å². The molecule has 0 bridgehead atoms. The van der Waals surface area contributed by atoms with Crippen molar-refractivity contribution in [3.63, 3.8) is 0 Å². The smallest absolute Gasteiger partial charge is 0.246 e. The van der Waals surface area contributed by atoms with Crippen molar-refractivity contribution in [1.82, 2.24) is 9.97 Å². The third kappa shape index (κ3) is 1.52. The summed E-state index contributed by atoms with van der Waals surface area (Å²) in [5.74, 6) is -0.285. The number of amides is 1. The first-order chi connectivity index (χ1) is 8.21. The lowest BCUT2D eigenvalue weighted by Gasteiger charge is -2.32. The van der Waals surface area contributed by atoms with Crippen molar-refractivity contribution in [3.8, 4) is 0 Å². The lowest BCUT2D eigenvalue weighted by Crippen LogP contribution is -2.44. The molecule has 0 aliphatic carbocycles. The molecular formula is C9H11ClN4O. The van der Waals surface area contributed by atoms with Gasteiger partial charge >= 0.3 is 0 Å². The number of nitrogens with zero attached hydrogens (tertiary/aromatic N) is 3. The predicted molar refractivity (Wildman–Crippen MR) is 58.3 cm³/mol. The molecule has 2 rings (SSSR count). The summed E-state index contributed by atoms with van der Waals surface area (Å²) < 4.78 is 22.2. The number of aryl methyl sites for hydroxylation is 1. The number of likely N-dealkylation sites (N-methyl/N-ethyl adjacent to an activating group) is 1. The van der Waals surface area contributed by atoms with Crippen LogP contribution in [0.25, 0.3) is 0 Å². The second-order valence-corrected chi connectivity index (χ2v) is 3.62. The predicted octanol–water partition coefficient (Wildman–Crippen LogP) is 1.22. The van der Waals surface area contributed by atoms with Gasteiger partial charge in [0.25, 0.3) is 0 Å². The van der Waals surface area contributed by atoms with Gasteiger partial charge in [-0.3, -0.25) is 4.79 Å². The summed E-state index contributed by atoms with van der Waals surface area (Å²) in [6.45, 7) is -0.780. The van der Waals surface area contributed by atoms with Crippen molar-refractivity contribution in [3.05, 3.63) is 11.0 Å². The van der Waals surface area contributed by atoms with Crippen molar-refractivity contribution < 1.29 is 8.91 Å². The van der Waals surface area contributed by atoms with E-state index in [1.807, 2.05) is 0 Å². The Kier molecular flexibility index (Phi) is 1.56. The van der Waals surface area contributed by atoms with Gasteiger partial charge in [-0.25, -0.2) is 4.98 Å². The molecule has 0 saturated heterocycles. The van der Waals surface area contributed by atoms with Gasteiger partial charge < -0.3 is 10.2 Å². The van der Waals surface area contributed by atoms with Crippen LogP contribution in [0.2, 0.25) is 5.28 Å². The topological polar surface area (TPSA) is 58.1 Å². The molecule has 1 aliphatic rings. The van der Waals surface area contributed by atoms with Crippen LogP contribution in [0.3, 0.4) is 0 Å². The molecule has 1 N–H and O–H groups in total. The van der Waals surface area contributed by atoms with E-state index in [-0.39, 0.29) is 5.28 Å². The third-order valence-electron chi connectivity index (χ3n) is 2.26. The minimum Gasteiger partial charge on any atom is -0.346 e. The van der Waals surface area contributed by atoms with E-state index in [0.717, 1.165) is 0 Å². The normalized spacial score (nSPS) is 23.7. The van der Waals surface area contributed by atoms with Crippen LogP contribution in [-0.4, -0.2) is 29.0 Å². The number of anilines is 2. The Hall–Kier alpha value is -1.36.